The highest BCUT2D eigenvalue weighted by molar-refractivity contribution is 5.81. The molecule has 1 amide bonds. The first-order valence-corrected chi connectivity index (χ1v) is 6.69. The number of unbranched alkanes of at least 4 members (excludes halogenated alkanes) is 1. The van der Waals surface area contributed by atoms with Gasteiger partial charge in [-0.1, -0.05) is 13.3 Å². The van der Waals surface area contributed by atoms with Crippen LogP contribution in [0.15, 0.2) is 0 Å². The van der Waals surface area contributed by atoms with Crippen LogP contribution < -0.4 is 5.32 Å². The van der Waals surface area contributed by atoms with Crippen LogP contribution in [0, 0.1) is 5.92 Å². The van der Waals surface area contributed by atoms with Crippen LogP contribution in [-0.4, -0.2) is 49.6 Å². The van der Waals surface area contributed by atoms with Gasteiger partial charge in [-0.25, -0.2) is 0 Å². The maximum atomic E-state index is 11.9. The third-order valence-electron chi connectivity index (χ3n) is 3.51. The summed E-state index contributed by atoms with van der Waals surface area (Å²) in [6, 6.07) is -0.170. The second kappa shape index (κ2) is 7.36. The second-order valence-corrected chi connectivity index (χ2v) is 4.82. The molecule has 1 fully saturated rings. The topological polar surface area (TPSA) is 58.6 Å². The quantitative estimate of drug-likeness (QED) is 0.564. The van der Waals surface area contributed by atoms with Crippen molar-refractivity contribution in [3.63, 3.8) is 0 Å². The molecule has 0 aromatic rings. The molecule has 0 spiro atoms. The van der Waals surface area contributed by atoms with E-state index in [-0.39, 0.29) is 23.8 Å². The number of esters is 1. The number of hydrogen-bond acceptors (Lipinski definition) is 4. The molecule has 2 atom stereocenters. The van der Waals surface area contributed by atoms with Gasteiger partial charge in [-0.3, -0.25) is 14.5 Å². The van der Waals surface area contributed by atoms with Crippen LogP contribution in [-0.2, 0) is 14.3 Å². The average Bonchev–Trinajstić information content (AvgIpc) is 2.86. The van der Waals surface area contributed by atoms with Gasteiger partial charge < -0.3 is 10.1 Å². The molecular weight excluding hydrogens is 232 g/mol. The molecule has 0 bridgehead atoms. The van der Waals surface area contributed by atoms with Crippen LogP contribution in [0.3, 0.4) is 0 Å². The van der Waals surface area contributed by atoms with Crippen molar-refractivity contribution in [2.24, 2.45) is 5.92 Å². The number of methoxy groups -OCH3 is 1. The standard InChI is InChI=1S/C13H24N2O3/c1-4-5-7-14-12(16)10(2)15-8-6-11(9-15)13(17)18-3/h10-11H,4-9H2,1-3H3,(H,14,16). The Labute approximate surface area is 109 Å². The molecule has 0 aromatic carbocycles. The Balaban J connectivity index is 2.37. The summed E-state index contributed by atoms with van der Waals surface area (Å²) in [6.45, 7) is 6.11. The zero-order valence-corrected chi connectivity index (χ0v) is 11.6. The van der Waals surface area contributed by atoms with Gasteiger partial charge in [-0.05, 0) is 26.3 Å². The van der Waals surface area contributed by atoms with Gasteiger partial charge in [-0.15, -0.1) is 0 Å². The van der Waals surface area contributed by atoms with Gasteiger partial charge in [0.15, 0.2) is 0 Å². The van der Waals surface area contributed by atoms with E-state index in [1.807, 2.05) is 11.8 Å². The molecule has 2 unspecified atom stereocenters. The summed E-state index contributed by atoms with van der Waals surface area (Å²) in [7, 11) is 1.41. The fraction of sp³-hybridized carbons (Fsp3) is 0.846. The molecule has 0 aliphatic carbocycles. The molecule has 5 heteroatoms. The van der Waals surface area contributed by atoms with E-state index in [1.54, 1.807) is 0 Å². The number of nitrogens with zero attached hydrogens (tertiary/aromatic N) is 1. The van der Waals surface area contributed by atoms with E-state index in [0.29, 0.717) is 6.54 Å². The van der Waals surface area contributed by atoms with E-state index in [9.17, 15) is 9.59 Å². The van der Waals surface area contributed by atoms with Gasteiger partial charge >= 0.3 is 5.97 Å². The van der Waals surface area contributed by atoms with E-state index in [2.05, 4.69) is 12.2 Å². The summed E-state index contributed by atoms with van der Waals surface area (Å²) in [4.78, 5) is 25.3. The first kappa shape index (κ1) is 15.0. The highest BCUT2D eigenvalue weighted by Crippen LogP contribution is 2.19. The van der Waals surface area contributed by atoms with Gasteiger partial charge in [0.05, 0.1) is 19.1 Å². The number of hydrogen-bond donors (Lipinski definition) is 1. The smallest absolute Gasteiger partial charge is 0.310 e. The lowest BCUT2D eigenvalue weighted by Gasteiger charge is -2.23. The highest BCUT2D eigenvalue weighted by Gasteiger charge is 2.33. The van der Waals surface area contributed by atoms with Gasteiger partial charge in [0.1, 0.15) is 0 Å². The van der Waals surface area contributed by atoms with Crippen molar-refractivity contribution < 1.29 is 14.3 Å². The summed E-state index contributed by atoms with van der Waals surface area (Å²) in [5.41, 5.74) is 0. The van der Waals surface area contributed by atoms with Gasteiger partial charge in [0.2, 0.25) is 5.91 Å². The summed E-state index contributed by atoms with van der Waals surface area (Å²) in [5, 5.41) is 2.92. The van der Waals surface area contributed by atoms with Crippen LogP contribution in [0.5, 0.6) is 0 Å². The zero-order chi connectivity index (χ0) is 13.5. The lowest BCUT2D eigenvalue weighted by molar-refractivity contribution is -0.145. The first-order chi connectivity index (χ1) is 8.60. The number of ether oxygens (including phenoxy) is 1. The third kappa shape index (κ3) is 3.98. The Morgan fingerprint density at radius 2 is 2.22 bits per heavy atom. The SMILES string of the molecule is CCCCNC(=O)C(C)N1CCC(C(=O)OC)C1. The maximum absolute atomic E-state index is 11.9. The van der Waals surface area contributed by atoms with Crippen molar-refractivity contribution in [3.05, 3.63) is 0 Å². The van der Waals surface area contributed by atoms with Crippen LogP contribution in [0.4, 0.5) is 0 Å². The highest BCUT2D eigenvalue weighted by atomic mass is 16.5. The Hall–Kier alpha value is -1.10. The molecular formula is C13H24N2O3. The van der Waals surface area contributed by atoms with Crippen LogP contribution in [0.1, 0.15) is 33.1 Å². The predicted molar refractivity (Wildman–Crippen MR) is 69.1 cm³/mol. The molecule has 0 radical (unpaired) electrons. The predicted octanol–water partition coefficient (Wildman–Crippen LogP) is 0.786. The molecule has 104 valence electrons. The molecule has 1 aliphatic rings. The minimum Gasteiger partial charge on any atom is -0.469 e. The monoisotopic (exact) mass is 256 g/mol. The molecule has 0 saturated carbocycles. The van der Waals surface area contributed by atoms with Crippen LogP contribution >= 0.6 is 0 Å². The Morgan fingerprint density at radius 1 is 1.50 bits per heavy atom. The van der Waals surface area contributed by atoms with Crippen molar-refractivity contribution in [1.82, 2.24) is 10.2 Å². The van der Waals surface area contributed by atoms with E-state index in [0.717, 1.165) is 32.4 Å². The minimum atomic E-state index is -0.170. The van der Waals surface area contributed by atoms with Crippen molar-refractivity contribution in [2.75, 3.05) is 26.7 Å². The van der Waals surface area contributed by atoms with Crippen LogP contribution in [0.2, 0.25) is 0 Å². The van der Waals surface area contributed by atoms with Crippen LogP contribution in [0.25, 0.3) is 0 Å². The molecule has 5 nitrogen and oxygen atoms in total. The van der Waals surface area contributed by atoms with Gasteiger partial charge in [-0.2, -0.15) is 0 Å². The normalized spacial score (nSPS) is 21.6. The summed E-state index contributed by atoms with van der Waals surface area (Å²) < 4.78 is 4.74. The van der Waals surface area contributed by atoms with Crippen molar-refractivity contribution in [3.8, 4) is 0 Å². The van der Waals surface area contributed by atoms with E-state index in [1.165, 1.54) is 7.11 Å². The number of rotatable bonds is 6. The second-order valence-electron chi connectivity index (χ2n) is 4.82. The van der Waals surface area contributed by atoms with E-state index < -0.39 is 0 Å². The van der Waals surface area contributed by atoms with Gasteiger partial charge in [0.25, 0.3) is 0 Å². The summed E-state index contributed by atoms with van der Waals surface area (Å²) >= 11 is 0. The molecule has 1 saturated heterocycles. The number of nitrogens with one attached hydrogen (secondary N) is 1. The number of carbonyl (C=O) groups excluding carboxylic acids is 2. The zero-order valence-electron chi connectivity index (χ0n) is 11.6. The Bertz CT molecular complexity index is 294. The number of likely N-dealkylation sites (tertiary alicyclic amines) is 1. The molecule has 1 aliphatic heterocycles. The fourth-order valence-electron chi connectivity index (χ4n) is 2.20. The molecule has 1 heterocycles. The minimum absolute atomic E-state index is 0.0500. The molecule has 1 rings (SSSR count). The number of carbonyl (C=O) groups is 2. The average molecular weight is 256 g/mol. The number of amides is 1. The largest absolute Gasteiger partial charge is 0.469 e. The maximum Gasteiger partial charge on any atom is 0.310 e. The van der Waals surface area contributed by atoms with Crippen molar-refractivity contribution in [1.29, 1.82) is 0 Å². The third-order valence-corrected chi connectivity index (χ3v) is 3.51. The van der Waals surface area contributed by atoms with Crippen molar-refractivity contribution >= 4 is 11.9 Å². The Kier molecular flexibility index (Phi) is 6.12. The van der Waals surface area contributed by atoms with E-state index >= 15 is 0 Å². The lowest BCUT2D eigenvalue weighted by atomic mass is 10.1. The molecule has 0 aromatic heterocycles. The summed E-state index contributed by atoms with van der Waals surface area (Å²) in [5.74, 6) is -0.203. The Morgan fingerprint density at radius 3 is 2.83 bits per heavy atom. The molecule has 1 N–H and O–H groups in total. The lowest BCUT2D eigenvalue weighted by Crippen LogP contribution is -2.44. The fourth-order valence-corrected chi connectivity index (χ4v) is 2.20. The summed E-state index contributed by atoms with van der Waals surface area (Å²) in [6.07, 6.45) is 2.85. The first-order valence-electron chi connectivity index (χ1n) is 6.69. The van der Waals surface area contributed by atoms with Crippen molar-refractivity contribution in [2.45, 2.75) is 39.2 Å². The van der Waals surface area contributed by atoms with E-state index in [4.69, 9.17) is 4.74 Å². The van der Waals surface area contributed by atoms with Gasteiger partial charge in [0, 0.05) is 13.1 Å². The molecule has 18 heavy (non-hydrogen) atoms.